The van der Waals surface area contributed by atoms with Crippen LogP contribution >= 0.6 is 0 Å². The van der Waals surface area contributed by atoms with Gasteiger partial charge < -0.3 is 15.1 Å². The highest BCUT2D eigenvalue weighted by Crippen LogP contribution is 2.22. The molecule has 2 aliphatic rings. The SMILES string of the molecule is CN1CC(=O)N2CC(=O)N(CCCCc3ccccc3)C[C@@H]2N1C(=O)NCc1ccccc1. The summed E-state index contributed by atoms with van der Waals surface area (Å²) in [6, 6.07) is 19.7. The Hall–Kier alpha value is -3.39. The van der Waals surface area contributed by atoms with Crippen molar-refractivity contribution in [2.75, 3.05) is 33.2 Å². The van der Waals surface area contributed by atoms with Crippen molar-refractivity contribution in [2.24, 2.45) is 0 Å². The van der Waals surface area contributed by atoms with Crippen LogP contribution in [0.25, 0.3) is 0 Å². The molecule has 4 rings (SSSR count). The maximum Gasteiger partial charge on any atom is 0.334 e. The highest BCUT2D eigenvalue weighted by Gasteiger charge is 2.45. The minimum atomic E-state index is -0.501. The molecule has 0 radical (unpaired) electrons. The Labute approximate surface area is 194 Å². The lowest BCUT2D eigenvalue weighted by Crippen LogP contribution is -2.73. The summed E-state index contributed by atoms with van der Waals surface area (Å²) in [6.07, 6.45) is 2.31. The number of rotatable bonds is 7. The lowest BCUT2D eigenvalue weighted by atomic mass is 10.1. The van der Waals surface area contributed by atoms with E-state index < -0.39 is 6.17 Å². The number of nitrogens with one attached hydrogen (secondary N) is 1. The van der Waals surface area contributed by atoms with Crippen LogP contribution in [0.15, 0.2) is 60.7 Å². The van der Waals surface area contributed by atoms with E-state index >= 15 is 0 Å². The first-order valence-corrected chi connectivity index (χ1v) is 11.5. The number of carbonyl (C=O) groups excluding carboxylic acids is 3. The molecule has 174 valence electrons. The van der Waals surface area contributed by atoms with Gasteiger partial charge in [-0.15, -0.1) is 0 Å². The molecule has 4 amide bonds. The average Bonchev–Trinajstić information content (AvgIpc) is 2.82. The van der Waals surface area contributed by atoms with Crippen molar-refractivity contribution in [3.63, 3.8) is 0 Å². The smallest absolute Gasteiger partial charge is 0.334 e. The molecular formula is C25H31N5O3. The zero-order valence-corrected chi connectivity index (χ0v) is 19.0. The fraction of sp³-hybridized carbons (Fsp3) is 0.400. The van der Waals surface area contributed by atoms with E-state index in [4.69, 9.17) is 0 Å². The second-order valence-corrected chi connectivity index (χ2v) is 8.59. The summed E-state index contributed by atoms with van der Waals surface area (Å²) in [5.74, 6) is -0.194. The number of unbranched alkanes of at least 4 members (excludes halogenated alkanes) is 1. The van der Waals surface area contributed by atoms with Crippen molar-refractivity contribution >= 4 is 17.8 Å². The van der Waals surface area contributed by atoms with E-state index in [-0.39, 0.29) is 30.9 Å². The second-order valence-electron chi connectivity index (χ2n) is 8.59. The summed E-state index contributed by atoms with van der Waals surface area (Å²) in [4.78, 5) is 41.7. The van der Waals surface area contributed by atoms with Gasteiger partial charge in [0.2, 0.25) is 11.8 Å². The molecule has 0 aromatic heterocycles. The molecule has 8 heteroatoms. The minimum absolute atomic E-state index is 0.0124. The lowest BCUT2D eigenvalue weighted by Gasteiger charge is -2.51. The molecule has 2 aromatic carbocycles. The summed E-state index contributed by atoms with van der Waals surface area (Å²) >= 11 is 0. The summed E-state index contributed by atoms with van der Waals surface area (Å²) in [7, 11) is 1.73. The van der Waals surface area contributed by atoms with Gasteiger partial charge in [-0.2, -0.15) is 0 Å². The van der Waals surface area contributed by atoms with E-state index in [1.54, 1.807) is 22.0 Å². The van der Waals surface area contributed by atoms with E-state index in [1.165, 1.54) is 10.5 Å². The summed E-state index contributed by atoms with van der Waals surface area (Å²) < 4.78 is 0. The first-order chi connectivity index (χ1) is 16.0. The van der Waals surface area contributed by atoms with Gasteiger partial charge >= 0.3 is 6.03 Å². The molecule has 1 N–H and O–H groups in total. The van der Waals surface area contributed by atoms with Gasteiger partial charge in [0, 0.05) is 20.1 Å². The molecule has 2 heterocycles. The Morgan fingerprint density at radius 2 is 1.58 bits per heavy atom. The van der Waals surface area contributed by atoms with Crippen LogP contribution in [0.1, 0.15) is 24.0 Å². The van der Waals surface area contributed by atoms with Crippen molar-refractivity contribution in [1.82, 2.24) is 25.1 Å². The first-order valence-electron chi connectivity index (χ1n) is 11.5. The zero-order valence-electron chi connectivity index (χ0n) is 19.0. The number of fused-ring (bicyclic) bond motifs is 1. The van der Waals surface area contributed by atoms with Gasteiger partial charge in [0.1, 0.15) is 12.7 Å². The number of hydrogen-bond acceptors (Lipinski definition) is 4. The largest absolute Gasteiger partial charge is 0.337 e. The monoisotopic (exact) mass is 449 g/mol. The summed E-state index contributed by atoms with van der Waals surface area (Å²) in [6.45, 7) is 1.41. The second kappa shape index (κ2) is 10.5. The Morgan fingerprint density at radius 1 is 0.909 bits per heavy atom. The number of hydrazine groups is 1. The van der Waals surface area contributed by atoms with Crippen LogP contribution in [-0.4, -0.2) is 77.1 Å². The summed E-state index contributed by atoms with van der Waals surface area (Å²) in [5.41, 5.74) is 2.28. The Balaban J connectivity index is 1.37. The minimum Gasteiger partial charge on any atom is -0.337 e. The van der Waals surface area contributed by atoms with E-state index in [1.807, 2.05) is 48.5 Å². The number of amides is 4. The Kier molecular flexibility index (Phi) is 7.24. The molecule has 2 saturated heterocycles. The van der Waals surface area contributed by atoms with E-state index in [9.17, 15) is 14.4 Å². The molecule has 33 heavy (non-hydrogen) atoms. The van der Waals surface area contributed by atoms with Crippen LogP contribution in [0.3, 0.4) is 0 Å². The molecule has 0 saturated carbocycles. The van der Waals surface area contributed by atoms with Gasteiger partial charge in [-0.25, -0.2) is 14.8 Å². The molecule has 2 fully saturated rings. The van der Waals surface area contributed by atoms with Crippen LogP contribution in [0, 0.1) is 0 Å². The lowest BCUT2D eigenvalue weighted by molar-refractivity contribution is -0.178. The van der Waals surface area contributed by atoms with Gasteiger partial charge in [-0.3, -0.25) is 9.59 Å². The Bertz CT molecular complexity index is 969. The molecule has 0 bridgehead atoms. The molecule has 2 aliphatic heterocycles. The average molecular weight is 450 g/mol. The number of urea groups is 1. The van der Waals surface area contributed by atoms with Crippen molar-refractivity contribution in [1.29, 1.82) is 0 Å². The zero-order chi connectivity index (χ0) is 23.2. The fourth-order valence-electron chi connectivity index (χ4n) is 4.44. The molecule has 0 spiro atoms. The molecular weight excluding hydrogens is 418 g/mol. The van der Waals surface area contributed by atoms with E-state index in [2.05, 4.69) is 17.4 Å². The summed E-state index contributed by atoms with van der Waals surface area (Å²) in [5, 5.41) is 6.17. The van der Waals surface area contributed by atoms with Crippen molar-refractivity contribution < 1.29 is 14.4 Å². The number of likely N-dealkylation sites (N-methyl/N-ethyl adjacent to an activating group) is 1. The highest BCUT2D eigenvalue weighted by molar-refractivity contribution is 5.89. The van der Waals surface area contributed by atoms with Gasteiger partial charge in [0.15, 0.2) is 0 Å². The molecule has 0 aliphatic carbocycles. The standard InChI is InChI=1S/C25H31N5O3/c1-27-18-24(32)29-19-23(31)28(15-9-8-12-20-10-4-2-5-11-20)17-22(29)30(27)25(33)26-16-21-13-6-3-7-14-21/h2-7,10-11,13-14,22H,8-9,12,15-19H2,1H3,(H,26,33)/t22-/m0/s1. The van der Waals surface area contributed by atoms with E-state index in [0.29, 0.717) is 19.6 Å². The van der Waals surface area contributed by atoms with Crippen molar-refractivity contribution in [3.05, 3.63) is 71.8 Å². The van der Waals surface area contributed by atoms with Crippen LogP contribution in [0.5, 0.6) is 0 Å². The van der Waals surface area contributed by atoms with Gasteiger partial charge in [0.25, 0.3) is 0 Å². The van der Waals surface area contributed by atoms with Gasteiger partial charge in [0.05, 0.1) is 13.1 Å². The molecule has 8 nitrogen and oxygen atoms in total. The maximum atomic E-state index is 13.1. The third-order valence-electron chi connectivity index (χ3n) is 6.22. The van der Waals surface area contributed by atoms with Crippen LogP contribution in [0.2, 0.25) is 0 Å². The number of hydrogen-bond donors (Lipinski definition) is 1. The van der Waals surface area contributed by atoms with Gasteiger partial charge in [-0.1, -0.05) is 60.7 Å². The normalized spacial score (nSPS) is 18.9. The quantitative estimate of drug-likeness (QED) is 0.657. The maximum absolute atomic E-state index is 13.1. The van der Waals surface area contributed by atoms with Crippen molar-refractivity contribution in [3.8, 4) is 0 Å². The fourth-order valence-corrected chi connectivity index (χ4v) is 4.44. The number of benzene rings is 2. The number of piperazine rings is 1. The number of carbonyl (C=O) groups is 3. The predicted octanol–water partition coefficient (Wildman–Crippen LogP) is 2.08. The molecule has 2 aromatic rings. The van der Waals surface area contributed by atoms with E-state index in [0.717, 1.165) is 24.8 Å². The first kappa shape index (κ1) is 22.8. The number of aryl methyl sites for hydroxylation is 1. The van der Waals surface area contributed by atoms with Crippen LogP contribution in [0.4, 0.5) is 4.79 Å². The third kappa shape index (κ3) is 5.51. The number of nitrogens with zero attached hydrogens (tertiary/aromatic N) is 4. The topological polar surface area (TPSA) is 76.2 Å². The third-order valence-corrected chi connectivity index (χ3v) is 6.22. The highest BCUT2D eigenvalue weighted by atomic mass is 16.2. The van der Waals surface area contributed by atoms with Crippen LogP contribution in [-0.2, 0) is 22.6 Å². The molecule has 0 unspecified atom stereocenters. The van der Waals surface area contributed by atoms with Gasteiger partial charge in [-0.05, 0) is 30.4 Å². The molecule has 1 atom stereocenters. The predicted molar refractivity (Wildman–Crippen MR) is 125 cm³/mol. The van der Waals surface area contributed by atoms with Crippen LogP contribution < -0.4 is 5.32 Å². The van der Waals surface area contributed by atoms with Crippen molar-refractivity contribution in [2.45, 2.75) is 32.0 Å². The Morgan fingerprint density at radius 3 is 2.27 bits per heavy atom.